The van der Waals surface area contributed by atoms with E-state index in [4.69, 9.17) is 4.74 Å². The first-order chi connectivity index (χ1) is 15.4. The summed E-state index contributed by atoms with van der Waals surface area (Å²) in [5.41, 5.74) is 1.67. The zero-order chi connectivity index (χ0) is 22.3. The maximum Gasteiger partial charge on any atom is 0.411 e. The molecule has 3 aromatic rings. The average molecular weight is 433 g/mol. The van der Waals surface area contributed by atoms with E-state index >= 15 is 0 Å². The Morgan fingerprint density at radius 3 is 2.50 bits per heavy atom. The topological polar surface area (TPSA) is 75.9 Å². The van der Waals surface area contributed by atoms with E-state index in [9.17, 15) is 9.59 Å². The van der Waals surface area contributed by atoms with Crippen molar-refractivity contribution in [2.75, 3.05) is 0 Å². The van der Waals surface area contributed by atoms with Crippen LogP contribution in [0.4, 0.5) is 4.79 Å². The first-order valence-electron chi connectivity index (χ1n) is 11.2. The number of amides is 2. The van der Waals surface area contributed by atoms with Gasteiger partial charge in [0.2, 0.25) is 0 Å². The van der Waals surface area contributed by atoms with Crippen molar-refractivity contribution < 1.29 is 14.3 Å². The number of aromatic nitrogens is 2. The van der Waals surface area contributed by atoms with Crippen LogP contribution < -0.4 is 5.32 Å². The van der Waals surface area contributed by atoms with E-state index in [0.29, 0.717) is 5.69 Å². The van der Waals surface area contributed by atoms with E-state index in [1.165, 1.54) is 0 Å². The molecule has 1 saturated carbocycles. The molecule has 7 heteroatoms. The van der Waals surface area contributed by atoms with Gasteiger partial charge in [-0.25, -0.2) is 9.78 Å². The summed E-state index contributed by atoms with van der Waals surface area (Å²) in [5, 5.41) is 3.13. The summed E-state index contributed by atoms with van der Waals surface area (Å²) in [6, 6.07) is 15.8. The molecule has 166 valence electrons. The molecular formula is C25H28N4O3. The molecule has 2 aliphatic rings. The number of carbonyl (C=O) groups is 2. The van der Waals surface area contributed by atoms with Crippen molar-refractivity contribution in [3.8, 4) is 0 Å². The van der Waals surface area contributed by atoms with Crippen LogP contribution in [0.25, 0.3) is 5.65 Å². The van der Waals surface area contributed by atoms with Crippen molar-refractivity contribution in [2.24, 2.45) is 0 Å². The fraction of sp³-hybridized carbons (Fsp3) is 0.400. The number of hydrogen-bond acceptors (Lipinski definition) is 4. The fourth-order valence-corrected chi connectivity index (χ4v) is 5.13. The van der Waals surface area contributed by atoms with Gasteiger partial charge in [0.25, 0.3) is 5.91 Å². The summed E-state index contributed by atoms with van der Waals surface area (Å²) in [6.45, 7) is 3.95. The van der Waals surface area contributed by atoms with Gasteiger partial charge in [-0.1, -0.05) is 36.4 Å². The Labute approximate surface area is 187 Å². The number of rotatable bonds is 4. The number of imidazole rings is 1. The van der Waals surface area contributed by atoms with Crippen molar-refractivity contribution >= 4 is 17.6 Å². The minimum absolute atomic E-state index is 0.0744. The van der Waals surface area contributed by atoms with Crippen molar-refractivity contribution in [3.63, 3.8) is 0 Å². The normalized spacial score (nSPS) is 25.0. The number of ether oxygens (including phenoxy) is 1. The molecule has 1 aromatic carbocycles. The molecular weight excluding hydrogens is 404 g/mol. The molecule has 1 aliphatic carbocycles. The Kier molecular flexibility index (Phi) is 5.12. The summed E-state index contributed by atoms with van der Waals surface area (Å²) >= 11 is 0. The molecule has 5 rings (SSSR count). The van der Waals surface area contributed by atoms with Crippen LogP contribution >= 0.6 is 0 Å². The molecule has 7 nitrogen and oxygen atoms in total. The van der Waals surface area contributed by atoms with E-state index in [0.717, 1.165) is 36.9 Å². The van der Waals surface area contributed by atoms with Crippen LogP contribution in [0.15, 0.2) is 60.9 Å². The highest BCUT2D eigenvalue weighted by Gasteiger charge is 2.51. The Hall–Kier alpha value is -3.35. The molecule has 1 atom stereocenters. The van der Waals surface area contributed by atoms with Gasteiger partial charge in [-0.2, -0.15) is 0 Å². The molecule has 1 aliphatic heterocycles. The molecule has 2 fully saturated rings. The highest BCUT2D eigenvalue weighted by atomic mass is 16.6. The van der Waals surface area contributed by atoms with Gasteiger partial charge in [0.15, 0.2) is 0 Å². The lowest BCUT2D eigenvalue weighted by atomic mass is 9.86. The summed E-state index contributed by atoms with van der Waals surface area (Å²) in [6.07, 6.45) is 6.66. The van der Waals surface area contributed by atoms with Crippen molar-refractivity contribution in [1.29, 1.82) is 0 Å². The number of fused-ring (bicyclic) bond motifs is 1. The SMILES string of the molecule is CC1(C)OC(=O)N([C@H]2CC[C@H](NC(=O)c3cn4ccccc4n3)CC2)[C@@H]1c1ccccc1. The third-order valence-electron chi connectivity index (χ3n) is 6.64. The molecule has 1 N–H and O–H groups in total. The van der Waals surface area contributed by atoms with Crippen LogP contribution in [0, 0.1) is 0 Å². The van der Waals surface area contributed by atoms with Gasteiger partial charge in [-0.15, -0.1) is 0 Å². The van der Waals surface area contributed by atoms with Crippen molar-refractivity contribution in [3.05, 3.63) is 72.2 Å². The fourth-order valence-electron chi connectivity index (χ4n) is 5.13. The zero-order valence-corrected chi connectivity index (χ0v) is 18.4. The van der Waals surface area contributed by atoms with Crippen molar-refractivity contribution in [2.45, 2.75) is 63.3 Å². The standard InChI is InChI=1S/C25H28N4O3/c1-25(2)22(17-8-4-3-5-9-17)29(24(31)32-25)19-13-11-18(12-14-19)26-23(30)20-16-28-15-7-6-10-21(28)27-20/h3-10,15-16,18-19,22H,11-14H2,1-2H3,(H,26,30)/t18-,19-,22-/m1/s1. The minimum atomic E-state index is -0.591. The van der Waals surface area contributed by atoms with Gasteiger partial charge < -0.3 is 14.5 Å². The maximum atomic E-state index is 12.8. The molecule has 0 spiro atoms. The van der Waals surface area contributed by atoms with Gasteiger partial charge in [-0.05, 0) is 57.2 Å². The maximum absolute atomic E-state index is 12.8. The number of nitrogens with zero attached hydrogens (tertiary/aromatic N) is 3. The van der Waals surface area contributed by atoms with E-state index in [1.807, 2.05) is 65.7 Å². The molecule has 1 saturated heterocycles. The highest BCUT2D eigenvalue weighted by molar-refractivity contribution is 5.93. The second-order valence-corrected chi connectivity index (χ2v) is 9.26. The van der Waals surface area contributed by atoms with Crippen LogP contribution in [0.1, 0.15) is 61.6 Å². The second-order valence-electron chi connectivity index (χ2n) is 9.26. The van der Waals surface area contributed by atoms with E-state index in [1.54, 1.807) is 6.20 Å². The smallest absolute Gasteiger partial charge is 0.411 e. The lowest BCUT2D eigenvalue weighted by Gasteiger charge is -2.38. The Bertz CT molecular complexity index is 1100. The van der Waals surface area contributed by atoms with Gasteiger partial charge >= 0.3 is 6.09 Å². The van der Waals surface area contributed by atoms with E-state index < -0.39 is 5.60 Å². The van der Waals surface area contributed by atoms with Gasteiger partial charge in [0.1, 0.15) is 16.9 Å². The first kappa shape index (κ1) is 20.5. The van der Waals surface area contributed by atoms with Crippen LogP contribution in [-0.4, -0.2) is 44.0 Å². The van der Waals surface area contributed by atoms with Gasteiger partial charge in [-0.3, -0.25) is 9.69 Å². The number of benzene rings is 1. The summed E-state index contributed by atoms with van der Waals surface area (Å²) in [7, 11) is 0. The third kappa shape index (κ3) is 3.72. The van der Waals surface area contributed by atoms with Gasteiger partial charge in [0.05, 0.1) is 6.04 Å². The molecule has 0 radical (unpaired) electrons. The Morgan fingerprint density at radius 2 is 1.78 bits per heavy atom. The predicted octanol–water partition coefficient (Wildman–Crippen LogP) is 4.35. The highest BCUT2D eigenvalue weighted by Crippen LogP contribution is 2.44. The molecule has 3 heterocycles. The second kappa shape index (κ2) is 7.97. The summed E-state index contributed by atoms with van der Waals surface area (Å²) in [5.74, 6) is -0.152. The molecule has 2 aromatic heterocycles. The molecule has 0 unspecified atom stereocenters. The van der Waals surface area contributed by atoms with Crippen LogP contribution in [0.2, 0.25) is 0 Å². The van der Waals surface area contributed by atoms with E-state index in [2.05, 4.69) is 22.4 Å². The van der Waals surface area contributed by atoms with Crippen LogP contribution in [-0.2, 0) is 4.74 Å². The Morgan fingerprint density at radius 1 is 1.06 bits per heavy atom. The lowest BCUT2D eigenvalue weighted by Crippen LogP contribution is -2.46. The van der Waals surface area contributed by atoms with Crippen LogP contribution in [0.3, 0.4) is 0 Å². The van der Waals surface area contributed by atoms with Crippen LogP contribution in [0.5, 0.6) is 0 Å². The van der Waals surface area contributed by atoms with E-state index in [-0.39, 0.29) is 30.1 Å². The quantitative estimate of drug-likeness (QED) is 0.665. The molecule has 2 amide bonds. The van der Waals surface area contributed by atoms with Crippen molar-refractivity contribution in [1.82, 2.24) is 19.6 Å². The third-order valence-corrected chi connectivity index (χ3v) is 6.64. The number of pyridine rings is 1. The minimum Gasteiger partial charge on any atom is -0.441 e. The lowest BCUT2D eigenvalue weighted by molar-refractivity contribution is 0.0663. The molecule has 0 bridgehead atoms. The number of cyclic esters (lactones) is 1. The number of hydrogen-bond donors (Lipinski definition) is 1. The average Bonchev–Trinajstić information content (AvgIpc) is 3.32. The van der Waals surface area contributed by atoms with Gasteiger partial charge in [0, 0.05) is 24.5 Å². The monoisotopic (exact) mass is 432 g/mol. The summed E-state index contributed by atoms with van der Waals surface area (Å²) < 4.78 is 7.61. The zero-order valence-electron chi connectivity index (χ0n) is 18.4. The first-order valence-corrected chi connectivity index (χ1v) is 11.2. The number of carbonyl (C=O) groups excluding carboxylic acids is 2. The molecule has 32 heavy (non-hydrogen) atoms. The Balaban J connectivity index is 1.25. The largest absolute Gasteiger partial charge is 0.441 e. The number of nitrogens with one attached hydrogen (secondary N) is 1. The predicted molar refractivity (Wildman–Crippen MR) is 120 cm³/mol. The summed E-state index contributed by atoms with van der Waals surface area (Å²) in [4.78, 5) is 31.9.